The molecule has 0 amide bonds. The molecule has 0 saturated heterocycles. The van der Waals surface area contributed by atoms with Crippen molar-refractivity contribution >= 4 is 16.2 Å². The Morgan fingerprint density at radius 2 is 2.25 bits per heavy atom. The van der Waals surface area contributed by atoms with E-state index in [2.05, 4.69) is 48.1 Å². The molecule has 1 aromatic heterocycles. The number of nitrogens with zero attached hydrogens (tertiary/aromatic N) is 2. The monoisotopic (exact) mass is 384 g/mol. The van der Waals surface area contributed by atoms with Crippen LogP contribution in [0.1, 0.15) is 26.3 Å². The third-order valence-electron chi connectivity index (χ3n) is 2.26. The van der Waals surface area contributed by atoms with Crippen LogP contribution in [0.25, 0.3) is 6.08 Å². The first-order valence-electron chi connectivity index (χ1n) is 5.14. The molecule has 0 atom stereocenters. The molecule has 1 aromatic rings. The van der Waals surface area contributed by atoms with E-state index in [1.807, 2.05) is 18.5 Å². The molecule has 0 radical (unpaired) electrons. The summed E-state index contributed by atoms with van der Waals surface area (Å²) in [6, 6.07) is 2.01. The van der Waals surface area contributed by atoms with Crippen LogP contribution >= 0.6 is 0 Å². The molecule has 0 aromatic carbocycles. The van der Waals surface area contributed by atoms with Crippen LogP contribution < -0.4 is 0 Å². The van der Waals surface area contributed by atoms with Crippen LogP contribution in [-0.4, -0.2) is 25.6 Å². The molecular weight excluding hydrogens is 370 g/mol. The third-order valence-corrected chi connectivity index (χ3v) is 3.39. The van der Waals surface area contributed by atoms with Gasteiger partial charge in [-0.05, 0) is 0 Å². The Morgan fingerprint density at radius 1 is 1.50 bits per heavy atom. The zero-order valence-corrected chi connectivity index (χ0v) is 12.5. The Balaban J connectivity index is 2.36. The van der Waals surface area contributed by atoms with E-state index < -0.39 is 0 Å². The summed E-state index contributed by atoms with van der Waals surface area (Å²) >= 11 is 1.44. The van der Waals surface area contributed by atoms with Crippen LogP contribution in [0.2, 0.25) is 0 Å². The van der Waals surface area contributed by atoms with E-state index in [1.54, 1.807) is 0 Å². The first kappa shape index (κ1) is 11.5. The van der Waals surface area contributed by atoms with E-state index in [4.69, 9.17) is 0 Å². The molecule has 0 unspecified atom stereocenters. The van der Waals surface area contributed by atoms with Crippen LogP contribution in [-0.2, 0) is 19.4 Å². The second kappa shape index (κ2) is 4.14. The van der Waals surface area contributed by atoms with E-state index >= 15 is 0 Å². The Labute approximate surface area is 107 Å². The first-order valence-corrected chi connectivity index (χ1v) is 6.60. The predicted molar refractivity (Wildman–Crippen MR) is 62.7 cm³/mol. The summed E-state index contributed by atoms with van der Waals surface area (Å²) in [6.45, 7) is 6.48. The van der Waals surface area contributed by atoms with Gasteiger partial charge in [0.25, 0.3) is 0 Å². The predicted octanol–water partition coefficient (Wildman–Crippen LogP) is 1.97. The summed E-state index contributed by atoms with van der Waals surface area (Å²) in [6.07, 6.45) is 9.02. The van der Waals surface area contributed by atoms with Gasteiger partial charge in [-0.3, -0.25) is 0 Å². The topological polar surface area (TPSA) is 31.4 Å². The third kappa shape index (κ3) is 2.24. The van der Waals surface area contributed by atoms with Crippen LogP contribution in [0.15, 0.2) is 23.1 Å². The number of aromatic amines is 1. The molecule has 4 heteroatoms. The van der Waals surface area contributed by atoms with Crippen LogP contribution in [0.3, 0.4) is 0 Å². The quantitative estimate of drug-likeness (QED) is 0.738. The van der Waals surface area contributed by atoms with E-state index in [0.717, 1.165) is 5.56 Å². The van der Waals surface area contributed by atoms with Gasteiger partial charge in [-0.2, -0.15) is 0 Å². The van der Waals surface area contributed by atoms with Crippen molar-refractivity contribution in [1.82, 2.24) is 9.99 Å². The number of rotatable bonds is 1. The van der Waals surface area contributed by atoms with Gasteiger partial charge in [-0.15, -0.1) is 0 Å². The molecule has 1 N–H and O–H groups in total. The Kier molecular flexibility index (Phi) is 2.98. The molecule has 0 spiro atoms. The Bertz CT molecular complexity index is 449. The minimum absolute atomic E-state index is 0.00976. The average molecular weight is 384 g/mol. The van der Waals surface area contributed by atoms with Crippen molar-refractivity contribution in [1.29, 1.82) is 0 Å². The zero-order chi connectivity index (χ0) is 11.8. The van der Waals surface area contributed by atoms with Crippen molar-refractivity contribution in [2.75, 3.05) is 0 Å². The molecule has 84 valence electrons. The number of hydrogen-bond donors (Lipinski definition) is 1. The van der Waals surface area contributed by atoms with Crippen molar-refractivity contribution in [3.8, 4) is 0 Å². The van der Waals surface area contributed by atoms with E-state index in [0.29, 0.717) is 0 Å². The summed E-state index contributed by atoms with van der Waals surface area (Å²) < 4.78 is 1.27. The summed E-state index contributed by atoms with van der Waals surface area (Å²) in [5.74, 6) is 0. The van der Waals surface area contributed by atoms with Crippen molar-refractivity contribution in [3.63, 3.8) is 0 Å². The normalized spacial score (nSPS) is 18.8. The Hall–Kier alpha value is -0.952. The van der Waals surface area contributed by atoms with Crippen molar-refractivity contribution in [2.45, 2.75) is 26.3 Å². The summed E-state index contributed by atoms with van der Waals surface area (Å²) in [4.78, 5) is 2.94. The molecule has 1 aliphatic rings. The number of hydrogen-bond acceptors (Lipinski definition) is 2. The standard InChI is InChI=1S/C12H14N3.W/c1-12(2,3)15-11(5-7-14-15)8-10-4-6-13-9-10;/h4,6-8,13H,1-3H3;/q-1;. The SMILES string of the molecule is CC(C)(C)N1N=C[C](=[W])C1=Cc1[c-][nH]cc1. The minimum atomic E-state index is 0.00976. The van der Waals surface area contributed by atoms with E-state index in [1.165, 1.54) is 28.9 Å². The molecule has 2 rings (SSSR count). The molecule has 2 heterocycles. The average Bonchev–Trinajstić information content (AvgIpc) is 2.76. The fraction of sp³-hybridized carbons (Fsp3) is 0.333. The molecule has 0 aliphatic carbocycles. The maximum atomic E-state index is 4.45. The van der Waals surface area contributed by atoms with Crippen LogP contribution in [0.4, 0.5) is 0 Å². The van der Waals surface area contributed by atoms with Gasteiger partial charge >= 0.3 is 107 Å². The first-order chi connectivity index (χ1) is 7.48. The van der Waals surface area contributed by atoms with Gasteiger partial charge in [0, 0.05) is 0 Å². The van der Waals surface area contributed by atoms with E-state index in [-0.39, 0.29) is 5.54 Å². The summed E-state index contributed by atoms with van der Waals surface area (Å²) in [5, 5.41) is 6.52. The number of allylic oxidation sites excluding steroid dienone is 1. The zero-order valence-electron chi connectivity index (χ0n) is 9.61. The second-order valence-corrected chi connectivity index (χ2v) is 6.26. The molecule has 16 heavy (non-hydrogen) atoms. The Morgan fingerprint density at radius 3 is 2.81 bits per heavy atom. The van der Waals surface area contributed by atoms with E-state index in [9.17, 15) is 0 Å². The molecule has 0 fully saturated rings. The molecule has 0 saturated carbocycles. The summed E-state index contributed by atoms with van der Waals surface area (Å²) in [5.41, 5.74) is 2.25. The van der Waals surface area contributed by atoms with Gasteiger partial charge in [0.1, 0.15) is 0 Å². The van der Waals surface area contributed by atoms with Gasteiger partial charge in [0.05, 0.1) is 0 Å². The molecule has 3 nitrogen and oxygen atoms in total. The van der Waals surface area contributed by atoms with Gasteiger partial charge < -0.3 is 0 Å². The van der Waals surface area contributed by atoms with Gasteiger partial charge in [-0.1, -0.05) is 0 Å². The van der Waals surface area contributed by atoms with Gasteiger partial charge in [-0.25, -0.2) is 0 Å². The summed E-state index contributed by atoms with van der Waals surface area (Å²) in [7, 11) is 0. The number of H-pyrrole nitrogens is 1. The number of nitrogens with one attached hydrogen (secondary N) is 1. The molecular formula is C12H14N3W-. The molecule has 0 bridgehead atoms. The van der Waals surface area contributed by atoms with Crippen molar-refractivity contribution in [3.05, 3.63) is 29.7 Å². The van der Waals surface area contributed by atoms with Crippen molar-refractivity contribution < 1.29 is 19.4 Å². The fourth-order valence-electron chi connectivity index (χ4n) is 1.54. The maximum absolute atomic E-state index is 4.45. The van der Waals surface area contributed by atoms with Gasteiger partial charge in [0.15, 0.2) is 0 Å². The fourth-order valence-corrected chi connectivity index (χ4v) is 2.23. The van der Waals surface area contributed by atoms with Gasteiger partial charge in [0.2, 0.25) is 0 Å². The van der Waals surface area contributed by atoms with Crippen LogP contribution in [0.5, 0.6) is 0 Å². The number of aromatic nitrogens is 1. The second-order valence-electron chi connectivity index (χ2n) is 4.68. The number of hydrazone groups is 1. The van der Waals surface area contributed by atoms with Crippen molar-refractivity contribution in [2.24, 2.45) is 5.10 Å². The molecule has 1 aliphatic heterocycles. The van der Waals surface area contributed by atoms with Crippen LogP contribution in [0, 0.1) is 6.20 Å².